The van der Waals surface area contributed by atoms with Gasteiger partial charge >= 0.3 is 0 Å². The van der Waals surface area contributed by atoms with Crippen molar-refractivity contribution in [2.75, 3.05) is 6.54 Å². The molecule has 0 radical (unpaired) electrons. The van der Waals surface area contributed by atoms with Crippen LogP contribution in [0.3, 0.4) is 0 Å². The highest BCUT2D eigenvalue weighted by atomic mass is 32.2. The molecule has 0 atom stereocenters. The number of thioether (sulfide) groups is 1. The van der Waals surface area contributed by atoms with Crippen molar-refractivity contribution in [2.45, 2.75) is 10.6 Å². The maximum atomic E-state index is 12.0. The maximum Gasteiger partial charge on any atom is 0.252 e. The number of nitrogens with one attached hydrogen (secondary N) is 1. The normalized spacial score (nSPS) is 10.1. The zero-order chi connectivity index (χ0) is 13.5. The van der Waals surface area contributed by atoms with Gasteiger partial charge in [-0.25, -0.2) is 4.98 Å². The molecule has 0 saturated heterocycles. The lowest BCUT2D eigenvalue weighted by Crippen LogP contribution is -2.23. The van der Waals surface area contributed by atoms with Gasteiger partial charge in [-0.3, -0.25) is 4.79 Å². The molecule has 1 amide bonds. The largest absolute Gasteiger partial charge is 0.349 e. The van der Waals surface area contributed by atoms with Gasteiger partial charge in [0.15, 0.2) is 0 Å². The average molecular weight is 290 g/mol. The summed E-state index contributed by atoms with van der Waals surface area (Å²) in [7, 11) is 0. The minimum Gasteiger partial charge on any atom is -0.349 e. The minimum atomic E-state index is -0.0683. The molecule has 2 rings (SSSR count). The van der Waals surface area contributed by atoms with Gasteiger partial charge in [-0.1, -0.05) is 18.2 Å². The summed E-state index contributed by atoms with van der Waals surface area (Å²) >= 11 is 3.21. The van der Waals surface area contributed by atoms with Crippen LogP contribution in [0.15, 0.2) is 52.7 Å². The van der Waals surface area contributed by atoms with Crippen LogP contribution in [0.2, 0.25) is 0 Å². The summed E-state index contributed by atoms with van der Waals surface area (Å²) in [4.78, 5) is 17.2. The molecule has 0 saturated carbocycles. The van der Waals surface area contributed by atoms with E-state index in [2.05, 4.69) is 16.9 Å². The number of nitrogens with zero attached hydrogens (tertiary/aromatic N) is 1. The highest BCUT2D eigenvalue weighted by Gasteiger charge is 2.10. The number of rotatable bonds is 6. The summed E-state index contributed by atoms with van der Waals surface area (Å²) in [5.41, 5.74) is 3.55. The van der Waals surface area contributed by atoms with Gasteiger partial charge in [-0.05, 0) is 12.1 Å². The van der Waals surface area contributed by atoms with Gasteiger partial charge in [0.25, 0.3) is 5.91 Å². The second kappa shape index (κ2) is 7.11. The summed E-state index contributed by atoms with van der Waals surface area (Å²) in [5, 5.41) is 4.82. The summed E-state index contributed by atoms with van der Waals surface area (Å²) in [6.45, 7) is 4.07. The van der Waals surface area contributed by atoms with Crippen LogP contribution < -0.4 is 5.32 Å². The monoisotopic (exact) mass is 290 g/mol. The fourth-order valence-electron chi connectivity index (χ4n) is 1.50. The van der Waals surface area contributed by atoms with Crippen molar-refractivity contribution in [3.05, 3.63) is 59.1 Å². The Morgan fingerprint density at radius 1 is 1.47 bits per heavy atom. The van der Waals surface area contributed by atoms with Gasteiger partial charge in [0.05, 0.1) is 16.8 Å². The molecule has 0 unspecified atom stereocenters. The number of hydrogen-bond donors (Lipinski definition) is 1. The molecule has 0 bridgehead atoms. The van der Waals surface area contributed by atoms with E-state index in [9.17, 15) is 4.79 Å². The predicted molar refractivity (Wildman–Crippen MR) is 80.6 cm³/mol. The van der Waals surface area contributed by atoms with Gasteiger partial charge in [-0.2, -0.15) is 0 Å². The summed E-state index contributed by atoms with van der Waals surface area (Å²) < 4.78 is 0. The molecule has 0 fully saturated rings. The van der Waals surface area contributed by atoms with Crippen molar-refractivity contribution < 1.29 is 4.79 Å². The quantitative estimate of drug-likeness (QED) is 0.655. The average Bonchev–Trinajstić information content (AvgIpc) is 2.96. The first-order valence-corrected chi connectivity index (χ1v) is 7.72. The molecule has 1 heterocycles. The van der Waals surface area contributed by atoms with Crippen LogP contribution in [-0.4, -0.2) is 17.4 Å². The van der Waals surface area contributed by atoms with Gasteiger partial charge in [0.1, 0.15) is 0 Å². The Hall–Kier alpha value is -1.59. The van der Waals surface area contributed by atoms with E-state index in [0.717, 1.165) is 16.3 Å². The Balaban J connectivity index is 2.07. The van der Waals surface area contributed by atoms with Crippen LogP contribution in [-0.2, 0) is 5.75 Å². The number of carbonyl (C=O) groups is 1. The van der Waals surface area contributed by atoms with Gasteiger partial charge in [0, 0.05) is 22.6 Å². The number of thiazole rings is 1. The third-order valence-electron chi connectivity index (χ3n) is 2.40. The van der Waals surface area contributed by atoms with Crippen molar-refractivity contribution in [3.63, 3.8) is 0 Å². The van der Waals surface area contributed by atoms with Crippen LogP contribution in [0.4, 0.5) is 0 Å². The van der Waals surface area contributed by atoms with Crippen LogP contribution in [0.1, 0.15) is 16.1 Å². The molecule has 0 aliphatic rings. The Morgan fingerprint density at radius 2 is 2.32 bits per heavy atom. The van der Waals surface area contributed by atoms with E-state index in [0.29, 0.717) is 12.1 Å². The summed E-state index contributed by atoms with van der Waals surface area (Å²) in [6.07, 6.45) is 1.67. The Morgan fingerprint density at radius 3 is 3.05 bits per heavy atom. The summed E-state index contributed by atoms with van der Waals surface area (Å²) in [5.74, 6) is 0.705. The van der Waals surface area contributed by atoms with E-state index in [1.807, 2.05) is 35.2 Å². The molecule has 5 heteroatoms. The van der Waals surface area contributed by atoms with Crippen molar-refractivity contribution in [1.82, 2.24) is 10.3 Å². The molecule has 3 nitrogen and oxygen atoms in total. The van der Waals surface area contributed by atoms with Crippen molar-refractivity contribution in [2.24, 2.45) is 0 Å². The van der Waals surface area contributed by atoms with E-state index in [1.165, 1.54) is 0 Å². The number of carbonyl (C=O) groups excluding carboxylic acids is 1. The molecule has 1 aromatic carbocycles. The van der Waals surface area contributed by atoms with E-state index >= 15 is 0 Å². The molecule has 0 spiro atoms. The molecule has 1 N–H and O–H groups in total. The standard InChI is InChI=1S/C14H14N2OS2/c1-2-7-15-14(17)12-5-3-4-6-13(12)19-9-11-8-18-10-16-11/h2-6,8,10H,1,7,9H2,(H,15,17). The van der Waals surface area contributed by atoms with Crippen molar-refractivity contribution >= 4 is 29.0 Å². The van der Waals surface area contributed by atoms with E-state index in [1.54, 1.807) is 29.2 Å². The van der Waals surface area contributed by atoms with E-state index in [-0.39, 0.29) is 5.91 Å². The SMILES string of the molecule is C=CCNC(=O)c1ccccc1SCc1cscn1. The second-order valence-electron chi connectivity index (χ2n) is 3.76. The number of amides is 1. The molecule has 19 heavy (non-hydrogen) atoms. The fourth-order valence-corrected chi connectivity index (χ4v) is 3.12. The molecular weight excluding hydrogens is 276 g/mol. The Kier molecular flexibility index (Phi) is 5.18. The van der Waals surface area contributed by atoms with Crippen molar-refractivity contribution in [1.29, 1.82) is 0 Å². The fraction of sp³-hybridized carbons (Fsp3) is 0.143. The first kappa shape index (κ1) is 13.8. The van der Waals surface area contributed by atoms with Gasteiger partial charge < -0.3 is 5.32 Å². The number of hydrogen-bond acceptors (Lipinski definition) is 4. The third-order valence-corrected chi connectivity index (χ3v) is 4.14. The van der Waals surface area contributed by atoms with Crippen LogP contribution in [0.25, 0.3) is 0 Å². The molecule has 98 valence electrons. The van der Waals surface area contributed by atoms with Crippen LogP contribution in [0.5, 0.6) is 0 Å². The Bertz CT molecular complexity index is 552. The lowest BCUT2D eigenvalue weighted by Gasteiger charge is -2.08. The minimum absolute atomic E-state index is 0.0683. The zero-order valence-corrected chi connectivity index (χ0v) is 12.0. The maximum absolute atomic E-state index is 12.0. The highest BCUT2D eigenvalue weighted by Crippen LogP contribution is 2.26. The number of aromatic nitrogens is 1. The smallest absolute Gasteiger partial charge is 0.252 e. The molecule has 2 aromatic rings. The van der Waals surface area contributed by atoms with Crippen molar-refractivity contribution in [3.8, 4) is 0 Å². The Labute approximate surface area is 120 Å². The molecule has 0 aliphatic heterocycles. The van der Waals surface area contributed by atoms with Crippen LogP contribution in [0, 0.1) is 0 Å². The predicted octanol–water partition coefficient (Wildman–Crippen LogP) is 3.35. The molecular formula is C14H14N2OS2. The lowest BCUT2D eigenvalue weighted by atomic mass is 10.2. The van der Waals surface area contributed by atoms with Gasteiger partial charge in [-0.15, -0.1) is 29.7 Å². The van der Waals surface area contributed by atoms with E-state index < -0.39 is 0 Å². The first-order valence-electron chi connectivity index (χ1n) is 5.79. The summed E-state index contributed by atoms with van der Waals surface area (Å²) in [6, 6.07) is 7.60. The topological polar surface area (TPSA) is 42.0 Å². The molecule has 1 aromatic heterocycles. The van der Waals surface area contributed by atoms with Crippen LogP contribution >= 0.6 is 23.1 Å². The third kappa shape index (κ3) is 3.94. The van der Waals surface area contributed by atoms with Gasteiger partial charge in [0.2, 0.25) is 0 Å². The second-order valence-corrected chi connectivity index (χ2v) is 5.50. The highest BCUT2D eigenvalue weighted by molar-refractivity contribution is 7.98. The van der Waals surface area contributed by atoms with E-state index in [4.69, 9.17) is 0 Å². The first-order chi connectivity index (χ1) is 9.31. The zero-order valence-electron chi connectivity index (χ0n) is 10.3. The lowest BCUT2D eigenvalue weighted by molar-refractivity contribution is 0.0955. The molecule has 0 aliphatic carbocycles. The number of benzene rings is 1.